The van der Waals surface area contributed by atoms with Crippen LogP contribution in [0.4, 0.5) is 13.2 Å². The number of hydrogen-bond acceptors (Lipinski definition) is 4. The number of methoxy groups -OCH3 is 1. The first kappa shape index (κ1) is 27.5. The first-order chi connectivity index (χ1) is 16.9. The van der Waals surface area contributed by atoms with Gasteiger partial charge in [0.1, 0.15) is 5.75 Å². The summed E-state index contributed by atoms with van der Waals surface area (Å²) >= 11 is 0. The van der Waals surface area contributed by atoms with Crippen LogP contribution in [-0.4, -0.2) is 67.3 Å². The Labute approximate surface area is 209 Å². The van der Waals surface area contributed by atoms with Crippen LogP contribution >= 0.6 is 0 Å². The van der Waals surface area contributed by atoms with Gasteiger partial charge in [-0.25, -0.2) is 4.79 Å². The van der Waals surface area contributed by atoms with E-state index < -0.39 is 12.1 Å². The smallest absolute Gasteiger partial charge is 0.490 e. The summed E-state index contributed by atoms with van der Waals surface area (Å²) in [6.07, 6.45) is -0.997. The largest absolute Gasteiger partial charge is 0.497 e. The van der Waals surface area contributed by atoms with Gasteiger partial charge in [-0.05, 0) is 72.5 Å². The Bertz CT molecular complexity index is 1050. The van der Waals surface area contributed by atoms with E-state index >= 15 is 0 Å². The molecule has 9 heteroatoms. The van der Waals surface area contributed by atoms with Crippen molar-refractivity contribution in [1.29, 1.82) is 0 Å². The van der Waals surface area contributed by atoms with E-state index in [1.807, 2.05) is 26.2 Å². The second-order valence-electron chi connectivity index (χ2n) is 9.69. The minimum atomic E-state index is -5.08. The summed E-state index contributed by atoms with van der Waals surface area (Å²) in [6, 6.07) is 17.3. The van der Waals surface area contributed by atoms with Crippen LogP contribution in [0, 0.1) is 0 Å². The van der Waals surface area contributed by atoms with Crippen LogP contribution in [0.3, 0.4) is 0 Å². The van der Waals surface area contributed by atoms with Crippen LogP contribution in [0.2, 0.25) is 0 Å². The molecule has 0 bridgehead atoms. The molecule has 0 radical (unpaired) electrons. The van der Waals surface area contributed by atoms with Crippen molar-refractivity contribution in [2.45, 2.75) is 49.7 Å². The van der Waals surface area contributed by atoms with E-state index in [0.717, 1.165) is 31.8 Å². The fourth-order valence-electron chi connectivity index (χ4n) is 5.20. The molecular weight excluding hydrogens is 473 g/mol. The number of carboxylic acids is 1. The average Bonchev–Trinajstić information content (AvgIpc) is 3.14. The fourth-order valence-corrected chi connectivity index (χ4v) is 5.20. The number of hydrogen-bond donors (Lipinski definition) is 1. The van der Waals surface area contributed by atoms with Crippen molar-refractivity contribution in [3.8, 4) is 5.75 Å². The third-order valence-corrected chi connectivity index (χ3v) is 7.15. The van der Waals surface area contributed by atoms with E-state index in [1.54, 1.807) is 12.0 Å². The first-order valence-corrected chi connectivity index (χ1v) is 11.9. The summed E-state index contributed by atoms with van der Waals surface area (Å²) in [7, 11) is 5.42. The second kappa shape index (κ2) is 11.3. The summed E-state index contributed by atoms with van der Waals surface area (Å²) in [5.74, 6) is -1.26. The van der Waals surface area contributed by atoms with E-state index in [4.69, 9.17) is 14.6 Å². The van der Waals surface area contributed by atoms with Crippen molar-refractivity contribution in [2.24, 2.45) is 0 Å². The zero-order valence-electron chi connectivity index (χ0n) is 20.8. The molecule has 1 heterocycles. The number of amides is 1. The molecule has 1 fully saturated rings. The number of carboxylic acid groups (broad SMARTS) is 1. The minimum Gasteiger partial charge on any atom is -0.497 e. The fraction of sp³-hybridized carbons (Fsp3) is 0.481. The molecule has 1 spiro atoms. The van der Waals surface area contributed by atoms with Gasteiger partial charge < -0.3 is 14.7 Å². The molecule has 36 heavy (non-hydrogen) atoms. The number of aliphatic carboxylic acids is 1. The van der Waals surface area contributed by atoms with Crippen LogP contribution in [0.25, 0.3) is 0 Å². The second-order valence-corrected chi connectivity index (χ2v) is 9.69. The summed E-state index contributed by atoms with van der Waals surface area (Å²) in [5, 5.41) is 7.12. The zero-order valence-corrected chi connectivity index (χ0v) is 20.8. The van der Waals surface area contributed by atoms with Crippen LogP contribution in [-0.2, 0) is 21.5 Å². The number of carbonyl (C=O) groups excluding carboxylic acids is 1. The maximum absolute atomic E-state index is 12.4. The normalized spacial score (nSPS) is 18.7. The number of likely N-dealkylation sites (tertiary alicyclic amines) is 1. The topological polar surface area (TPSA) is 70.1 Å². The van der Waals surface area contributed by atoms with Crippen LogP contribution in [0.5, 0.6) is 5.75 Å². The van der Waals surface area contributed by atoms with Crippen molar-refractivity contribution in [3.05, 3.63) is 65.2 Å². The predicted octanol–water partition coefficient (Wildman–Crippen LogP) is 4.83. The van der Waals surface area contributed by atoms with Crippen LogP contribution in [0.1, 0.15) is 48.3 Å². The molecule has 1 aliphatic carbocycles. The molecule has 6 nitrogen and oxygen atoms in total. The van der Waals surface area contributed by atoms with Crippen molar-refractivity contribution < 1.29 is 32.6 Å². The highest BCUT2D eigenvalue weighted by molar-refractivity contribution is 5.77. The molecule has 2 aromatic carbocycles. The number of rotatable bonds is 5. The van der Waals surface area contributed by atoms with E-state index in [-0.39, 0.29) is 11.3 Å². The first-order valence-electron chi connectivity index (χ1n) is 11.9. The molecule has 0 aromatic heterocycles. The highest BCUT2D eigenvalue weighted by Gasteiger charge is 2.45. The van der Waals surface area contributed by atoms with Gasteiger partial charge in [0.25, 0.3) is 0 Å². The van der Waals surface area contributed by atoms with Crippen molar-refractivity contribution in [2.75, 3.05) is 34.3 Å². The number of nitrogens with zero attached hydrogens (tertiary/aromatic N) is 2. The van der Waals surface area contributed by atoms with Crippen LogP contribution in [0.15, 0.2) is 48.5 Å². The third-order valence-electron chi connectivity index (χ3n) is 7.15. The van der Waals surface area contributed by atoms with Gasteiger partial charge in [0, 0.05) is 27.1 Å². The van der Waals surface area contributed by atoms with E-state index in [0.29, 0.717) is 12.3 Å². The number of benzene rings is 2. The number of ether oxygens (including phenoxy) is 1. The summed E-state index contributed by atoms with van der Waals surface area (Å²) in [5.41, 5.74) is 4.49. The summed E-state index contributed by atoms with van der Waals surface area (Å²) in [6.45, 7) is 3.20. The Kier molecular flexibility index (Phi) is 8.66. The summed E-state index contributed by atoms with van der Waals surface area (Å²) in [4.78, 5) is 25.6. The molecule has 196 valence electrons. The van der Waals surface area contributed by atoms with Gasteiger partial charge in [-0.15, -0.1) is 0 Å². The number of carbonyl (C=O) groups is 2. The van der Waals surface area contributed by atoms with Gasteiger partial charge in [0.2, 0.25) is 5.91 Å². The molecule has 2 aromatic rings. The molecule has 4 rings (SSSR count). The van der Waals surface area contributed by atoms with Gasteiger partial charge >= 0.3 is 12.1 Å². The molecular formula is C27H33F3N2O4. The SMILES string of the molecule is COc1ccc(CN2CCC3(CC2)CC(CC(=O)N(C)C)c2ccccc23)cc1.O=C(O)C(F)(F)F. The van der Waals surface area contributed by atoms with Crippen molar-refractivity contribution in [3.63, 3.8) is 0 Å². The average molecular weight is 507 g/mol. The molecule has 1 amide bonds. The van der Waals surface area contributed by atoms with Crippen molar-refractivity contribution in [1.82, 2.24) is 9.80 Å². The van der Waals surface area contributed by atoms with Gasteiger partial charge in [-0.2, -0.15) is 13.2 Å². The number of alkyl halides is 3. The van der Waals surface area contributed by atoms with Crippen molar-refractivity contribution >= 4 is 11.9 Å². The lowest BCUT2D eigenvalue weighted by atomic mass is 9.73. The van der Waals surface area contributed by atoms with Crippen LogP contribution < -0.4 is 4.74 Å². The molecule has 1 atom stereocenters. The van der Waals surface area contributed by atoms with E-state index in [2.05, 4.69) is 41.3 Å². The van der Waals surface area contributed by atoms with Gasteiger partial charge in [0.05, 0.1) is 7.11 Å². The minimum absolute atomic E-state index is 0.235. The third kappa shape index (κ3) is 6.57. The number of fused-ring (bicyclic) bond motifs is 2. The molecule has 1 saturated heterocycles. The Morgan fingerprint density at radius 3 is 2.19 bits per heavy atom. The lowest BCUT2D eigenvalue weighted by molar-refractivity contribution is -0.192. The number of piperidine rings is 1. The lowest BCUT2D eigenvalue weighted by Crippen LogP contribution is -2.41. The van der Waals surface area contributed by atoms with Gasteiger partial charge in [-0.1, -0.05) is 36.4 Å². The monoisotopic (exact) mass is 506 g/mol. The quantitative estimate of drug-likeness (QED) is 0.629. The Balaban J connectivity index is 0.000000454. The molecule has 1 aliphatic heterocycles. The van der Waals surface area contributed by atoms with Gasteiger partial charge in [0.15, 0.2) is 0 Å². The van der Waals surface area contributed by atoms with E-state index in [1.165, 1.54) is 29.5 Å². The zero-order chi connectivity index (χ0) is 26.5. The Morgan fingerprint density at radius 2 is 1.67 bits per heavy atom. The van der Waals surface area contributed by atoms with E-state index in [9.17, 15) is 18.0 Å². The predicted molar refractivity (Wildman–Crippen MR) is 130 cm³/mol. The Morgan fingerprint density at radius 1 is 1.08 bits per heavy atom. The standard InChI is InChI=1S/C25H32N2O2.C2HF3O2/c1-26(2)24(28)16-20-17-25(23-7-5-4-6-22(20)23)12-14-27(15-13-25)18-19-8-10-21(29-3)11-9-19;3-2(4,5)1(6)7/h4-11,20H,12-18H2,1-3H3;(H,6,7). The van der Waals surface area contributed by atoms with Gasteiger partial charge in [-0.3, -0.25) is 9.69 Å². The maximum atomic E-state index is 12.4. The highest BCUT2D eigenvalue weighted by atomic mass is 19.4. The molecule has 1 N–H and O–H groups in total. The number of halogens is 3. The Hall–Kier alpha value is -3.07. The molecule has 1 unspecified atom stereocenters. The lowest BCUT2D eigenvalue weighted by Gasteiger charge is -2.40. The highest BCUT2D eigenvalue weighted by Crippen LogP contribution is 2.52. The molecule has 2 aliphatic rings. The maximum Gasteiger partial charge on any atom is 0.490 e. The molecule has 0 saturated carbocycles. The summed E-state index contributed by atoms with van der Waals surface area (Å²) < 4.78 is 37.0.